The zero-order valence-corrected chi connectivity index (χ0v) is 8.04. The lowest BCUT2D eigenvalue weighted by Crippen LogP contribution is -2.21. The molecule has 13 heavy (non-hydrogen) atoms. The standard InChI is InChI=1S/C10H16N2O/c1-6-3-7(2)10(13)8(4-6)9(12)5-11/h3-4,9,13H,5,11-12H2,1-2H3. The molecular formula is C10H16N2O. The van der Waals surface area contributed by atoms with Crippen LogP contribution in [-0.2, 0) is 0 Å². The lowest BCUT2D eigenvalue weighted by atomic mass is 10.0. The third-order valence-electron chi connectivity index (χ3n) is 2.13. The van der Waals surface area contributed by atoms with E-state index in [0.717, 1.165) is 16.7 Å². The predicted molar refractivity (Wildman–Crippen MR) is 53.6 cm³/mol. The van der Waals surface area contributed by atoms with E-state index >= 15 is 0 Å². The van der Waals surface area contributed by atoms with E-state index < -0.39 is 0 Å². The van der Waals surface area contributed by atoms with Crippen molar-refractivity contribution < 1.29 is 5.11 Å². The zero-order valence-electron chi connectivity index (χ0n) is 8.04. The molecule has 5 N–H and O–H groups in total. The second-order valence-electron chi connectivity index (χ2n) is 3.36. The molecule has 1 atom stereocenters. The Kier molecular flexibility index (Phi) is 2.90. The van der Waals surface area contributed by atoms with Crippen LogP contribution >= 0.6 is 0 Å². The van der Waals surface area contributed by atoms with Crippen molar-refractivity contribution >= 4 is 0 Å². The Morgan fingerprint density at radius 2 is 2.00 bits per heavy atom. The van der Waals surface area contributed by atoms with Gasteiger partial charge in [-0.25, -0.2) is 0 Å². The fourth-order valence-corrected chi connectivity index (χ4v) is 1.40. The number of hydrogen-bond donors (Lipinski definition) is 3. The van der Waals surface area contributed by atoms with Gasteiger partial charge in [0.25, 0.3) is 0 Å². The van der Waals surface area contributed by atoms with Crippen molar-refractivity contribution in [1.29, 1.82) is 0 Å². The number of rotatable bonds is 2. The highest BCUT2D eigenvalue weighted by Crippen LogP contribution is 2.27. The lowest BCUT2D eigenvalue weighted by molar-refractivity contribution is 0.457. The molecule has 0 aromatic heterocycles. The van der Waals surface area contributed by atoms with E-state index in [-0.39, 0.29) is 11.8 Å². The molecule has 1 aromatic carbocycles. The molecule has 0 amide bonds. The number of aryl methyl sites for hydroxylation is 2. The molecule has 0 saturated carbocycles. The van der Waals surface area contributed by atoms with Gasteiger partial charge in [0.1, 0.15) is 5.75 Å². The summed E-state index contributed by atoms with van der Waals surface area (Å²) in [6.45, 7) is 4.17. The predicted octanol–water partition coefficient (Wildman–Crippen LogP) is 0.968. The maximum absolute atomic E-state index is 9.69. The Morgan fingerprint density at radius 1 is 1.38 bits per heavy atom. The van der Waals surface area contributed by atoms with E-state index in [1.807, 2.05) is 26.0 Å². The summed E-state index contributed by atoms with van der Waals surface area (Å²) >= 11 is 0. The van der Waals surface area contributed by atoms with Crippen molar-refractivity contribution in [1.82, 2.24) is 0 Å². The molecule has 72 valence electrons. The van der Waals surface area contributed by atoms with Gasteiger partial charge >= 0.3 is 0 Å². The number of hydrogen-bond acceptors (Lipinski definition) is 3. The summed E-state index contributed by atoms with van der Waals surface area (Å²) in [5, 5.41) is 9.69. The summed E-state index contributed by atoms with van der Waals surface area (Å²) in [6.07, 6.45) is 0. The second-order valence-corrected chi connectivity index (χ2v) is 3.36. The van der Waals surface area contributed by atoms with Crippen molar-refractivity contribution in [3.8, 4) is 5.75 Å². The topological polar surface area (TPSA) is 72.3 Å². The molecule has 3 nitrogen and oxygen atoms in total. The van der Waals surface area contributed by atoms with Gasteiger partial charge in [-0.1, -0.05) is 17.7 Å². The molecule has 0 fully saturated rings. The van der Waals surface area contributed by atoms with Crippen LogP contribution in [0.4, 0.5) is 0 Å². The van der Waals surface area contributed by atoms with E-state index in [1.54, 1.807) is 0 Å². The highest BCUT2D eigenvalue weighted by atomic mass is 16.3. The van der Waals surface area contributed by atoms with Crippen LogP contribution in [0, 0.1) is 13.8 Å². The van der Waals surface area contributed by atoms with E-state index in [9.17, 15) is 5.11 Å². The molecule has 0 aliphatic rings. The van der Waals surface area contributed by atoms with Gasteiger partial charge in [0.2, 0.25) is 0 Å². The smallest absolute Gasteiger partial charge is 0.123 e. The van der Waals surface area contributed by atoms with Gasteiger partial charge in [-0.3, -0.25) is 0 Å². The number of aromatic hydroxyl groups is 1. The van der Waals surface area contributed by atoms with Crippen molar-refractivity contribution in [3.63, 3.8) is 0 Å². The Bertz CT molecular complexity index is 310. The third kappa shape index (κ3) is 1.99. The Hall–Kier alpha value is -1.06. The fourth-order valence-electron chi connectivity index (χ4n) is 1.40. The maximum Gasteiger partial charge on any atom is 0.123 e. The number of nitrogens with two attached hydrogens (primary N) is 2. The van der Waals surface area contributed by atoms with E-state index in [1.165, 1.54) is 0 Å². The first kappa shape index (κ1) is 10.0. The normalized spacial score (nSPS) is 12.9. The molecular weight excluding hydrogens is 164 g/mol. The van der Waals surface area contributed by atoms with Crippen molar-refractivity contribution in [2.24, 2.45) is 11.5 Å². The average Bonchev–Trinajstić information content (AvgIpc) is 2.10. The van der Waals surface area contributed by atoms with Gasteiger partial charge in [-0.05, 0) is 19.4 Å². The first-order valence-electron chi connectivity index (χ1n) is 4.32. The molecule has 1 unspecified atom stereocenters. The van der Waals surface area contributed by atoms with Crippen LogP contribution in [0.2, 0.25) is 0 Å². The van der Waals surface area contributed by atoms with E-state index in [0.29, 0.717) is 6.54 Å². The van der Waals surface area contributed by atoms with Crippen LogP contribution in [0.1, 0.15) is 22.7 Å². The van der Waals surface area contributed by atoms with Crippen molar-refractivity contribution in [2.45, 2.75) is 19.9 Å². The summed E-state index contributed by atoms with van der Waals surface area (Å²) in [7, 11) is 0. The molecule has 0 heterocycles. The largest absolute Gasteiger partial charge is 0.507 e. The number of phenols is 1. The SMILES string of the molecule is Cc1cc(C)c(O)c(C(N)CN)c1. The monoisotopic (exact) mass is 180 g/mol. The highest BCUT2D eigenvalue weighted by Gasteiger charge is 2.11. The molecule has 0 bridgehead atoms. The second kappa shape index (κ2) is 3.77. The van der Waals surface area contributed by atoms with Crippen LogP contribution in [0.5, 0.6) is 5.75 Å². The minimum Gasteiger partial charge on any atom is -0.507 e. The molecule has 0 aliphatic carbocycles. The van der Waals surface area contributed by atoms with Crippen LogP contribution < -0.4 is 11.5 Å². The summed E-state index contributed by atoms with van der Waals surface area (Å²) < 4.78 is 0. The van der Waals surface area contributed by atoms with E-state index in [2.05, 4.69) is 0 Å². The minimum atomic E-state index is -0.279. The molecule has 1 aromatic rings. The van der Waals surface area contributed by atoms with Crippen LogP contribution in [0.15, 0.2) is 12.1 Å². The van der Waals surface area contributed by atoms with Gasteiger partial charge < -0.3 is 16.6 Å². The lowest BCUT2D eigenvalue weighted by Gasteiger charge is -2.13. The van der Waals surface area contributed by atoms with E-state index in [4.69, 9.17) is 11.5 Å². The first-order valence-corrected chi connectivity index (χ1v) is 4.32. The van der Waals surface area contributed by atoms with Gasteiger partial charge in [-0.15, -0.1) is 0 Å². The molecule has 1 rings (SSSR count). The molecule has 0 radical (unpaired) electrons. The van der Waals surface area contributed by atoms with Gasteiger partial charge in [-0.2, -0.15) is 0 Å². The average molecular weight is 180 g/mol. The van der Waals surface area contributed by atoms with Crippen molar-refractivity contribution in [3.05, 3.63) is 28.8 Å². The maximum atomic E-state index is 9.69. The van der Waals surface area contributed by atoms with Crippen molar-refractivity contribution in [2.75, 3.05) is 6.54 Å². The fraction of sp³-hybridized carbons (Fsp3) is 0.400. The Morgan fingerprint density at radius 3 is 2.54 bits per heavy atom. The van der Waals surface area contributed by atoms with Gasteiger partial charge in [0, 0.05) is 18.2 Å². The third-order valence-corrected chi connectivity index (χ3v) is 2.13. The summed E-state index contributed by atoms with van der Waals surface area (Å²) in [5.41, 5.74) is 13.9. The van der Waals surface area contributed by atoms with Crippen LogP contribution in [-0.4, -0.2) is 11.7 Å². The van der Waals surface area contributed by atoms with Gasteiger partial charge in [0.15, 0.2) is 0 Å². The van der Waals surface area contributed by atoms with Gasteiger partial charge in [0.05, 0.1) is 0 Å². The number of benzene rings is 1. The number of phenolic OH excluding ortho intramolecular Hbond substituents is 1. The summed E-state index contributed by atoms with van der Waals surface area (Å²) in [5.74, 6) is 0.267. The summed E-state index contributed by atoms with van der Waals surface area (Å²) in [6, 6.07) is 3.51. The highest BCUT2D eigenvalue weighted by molar-refractivity contribution is 5.44. The minimum absolute atomic E-state index is 0.267. The van der Waals surface area contributed by atoms with Crippen LogP contribution in [0.3, 0.4) is 0 Å². The zero-order chi connectivity index (χ0) is 10.0. The quantitative estimate of drug-likeness (QED) is 0.635. The first-order chi connectivity index (χ1) is 6.06. The van der Waals surface area contributed by atoms with Crippen LogP contribution in [0.25, 0.3) is 0 Å². The Balaban J connectivity index is 3.20. The molecule has 3 heteroatoms. The molecule has 0 spiro atoms. The summed E-state index contributed by atoms with van der Waals surface area (Å²) in [4.78, 5) is 0. The Labute approximate surface area is 78.4 Å². The molecule has 0 saturated heterocycles. The molecule has 0 aliphatic heterocycles.